The van der Waals surface area contributed by atoms with E-state index in [2.05, 4.69) is 20.4 Å². The van der Waals surface area contributed by atoms with Gasteiger partial charge in [0.15, 0.2) is 0 Å². The predicted octanol–water partition coefficient (Wildman–Crippen LogP) is 4.11. The molecule has 3 heteroatoms. The van der Waals surface area contributed by atoms with Gasteiger partial charge >= 0.3 is 0 Å². The molecule has 0 radical (unpaired) electrons. The van der Waals surface area contributed by atoms with Crippen molar-refractivity contribution < 1.29 is 15.3 Å². The van der Waals surface area contributed by atoms with Crippen molar-refractivity contribution in [2.45, 2.75) is 19.3 Å². The number of rotatable bonds is 2. The van der Waals surface area contributed by atoms with E-state index in [1.807, 2.05) is 24.3 Å². The molecule has 0 aromatic heterocycles. The first kappa shape index (κ1) is 15.6. The third kappa shape index (κ3) is 3.79. The Bertz CT molecular complexity index is 492. The molecule has 2 aromatic rings. The van der Waals surface area contributed by atoms with E-state index in [4.69, 9.17) is 5.11 Å². The minimum atomic E-state index is -0.151. The maximum Gasteiger partial charge on any atom is 0.115 e. The van der Waals surface area contributed by atoms with Crippen molar-refractivity contribution in [1.29, 1.82) is 0 Å². The molecule has 0 saturated heterocycles. The van der Waals surface area contributed by atoms with Gasteiger partial charge in [0.05, 0.1) is 6.26 Å². The van der Waals surface area contributed by atoms with Gasteiger partial charge in [-0.1, -0.05) is 44.7 Å². The molecule has 0 atom stereocenters. The molecule has 0 bridgehead atoms. The lowest BCUT2D eigenvalue weighted by atomic mass is 9.78. The van der Waals surface area contributed by atoms with E-state index < -0.39 is 0 Å². The quantitative estimate of drug-likeness (QED) is 0.721. The Labute approximate surface area is 119 Å². The molecule has 20 heavy (non-hydrogen) atoms. The second-order valence-electron chi connectivity index (χ2n) is 4.90. The monoisotopic (exact) mass is 272 g/mol. The van der Waals surface area contributed by atoms with Crippen molar-refractivity contribution in [3.05, 3.63) is 72.5 Å². The Kier molecular flexibility index (Phi) is 5.21. The highest BCUT2D eigenvalue weighted by Gasteiger charge is 2.22. The molecule has 2 aromatic carbocycles. The first-order valence-corrected chi connectivity index (χ1v) is 6.26. The van der Waals surface area contributed by atoms with Gasteiger partial charge in [-0.3, -0.25) is 0 Å². The van der Waals surface area contributed by atoms with Crippen molar-refractivity contribution in [1.82, 2.24) is 0 Å². The molecule has 0 unspecified atom stereocenters. The van der Waals surface area contributed by atoms with E-state index in [-0.39, 0.29) is 16.9 Å². The molecule has 0 aliphatic carbocycles. The maximum atomic E-state index is 9.30. The van der Waals surface area contributed by atoms with Crippen molar-refractivity contribution >= 4 is 0 Å². The third-order valence-electron chi connectivity index (χ3n) is 3.18. The fourth-order valence-electron chi connectivity index (χ4n) is 1.92. The van der Waals surface area contributed by atoms with Crippen LogP contribution in [0.1, 0.15) is 25.0 Å². The SMILES string of the molecule is C=CO.CC(C)(c1ccc(O)cc1)c1ccc(O)cc1. The number of aliphatic hydroxyl groups excluding tert-OH is 1. The van der Waals surface area contributed by atoms with Crippen LogP contribution >= 0.6 is 0 Å². The van der Waals surface area contributed by atoms with Gasteiger partial charge in [0.25, 0.3) is 0 Å². The van der Waals surface area contributed by atoms with Crippen LogP contribution in [-0.4, -0.2) is 15.3 Å². The van der Waals surface area contributed by atoms with Crippen molar-refractivity contribution in [3.8, 4) is 11.5 Å². The van der Waals surface area contributed by atoms with Gasteiger partial charge in [-0.25, -0.2) is 0 Å². The van der Waals surface area contributed by atoms with Crippen LogP contribution in [0.5, 0.6) is 11.5 Å². The summed E-state index contributed by atoms with van der Waals surface area (Å²) in [5.74, 6) is 0.547. The Morgan fingerprint density at radius 1 is 0.800 bits per heavy atom. The average molecular weight is 272 g/mol. The Hall–Kier alpha value is -2.42. The van der Waals surface area contributed by atoms with Crippen LogP contribution < -0.4 is 0 Å². The van der Waals surface area contributed by atoms with Gasteiger partial charge in [0.2, 0.25) is 0 Å². The summed E-state index contributed by atoms with van der Waals surface area (Å²) >= 11 is 0. The number of phenolic OH excluding ortho intramolecular Hbond substituents is 2. The van der Waals surface area contributed by atoms with E-state index in [1.54, 1.807) is 24.3 Å². The molecule has 0 aliphatic rings. The van der Waals surface area contributed by atoms with E-state index in [0.717, 1.165) is 17.4 Å². The molecular weight excluding hydrogens is 252 g/mol. The van der Waals surface area contributed by atoms with E-state index in [1.165, 1.54) is 0 Å². The lowest BCUT2D eigenvalue weighted by Gasteiger charge is -2.26. The number of benzene rings is 2. The fourth-order valence-corrected chi connectivity index (χ4v) is 1.92. The molecule has 0 fully saturated rings. The Balaban J connectivity index is 0.000000612. The molecule has 2 rings (SSSR count). The van der Waals surface area contributed by atoms with Crippen molar-refractivity contribution in [3.63, 3.8) is 0 Å². The zero-order valence-corrected chi connectivity index (χ0v) is 11.7. The lowest BCUT2D eigenvalue weighted by molar-refractivity contribution is 0.474. The minimum absolute atomic E-state index is 0.151. The smallest absolute Gasteiger partial charge is 0.115 e. The van der Waals surface area contributed by atoms with Crippen LogP contribution in [0.3, 0.4) is 0 Å². The van der Waals surface area contributed by atoms with E-state index in [0.29, 0.717) is 0 Å². The summed E-state index contributed by atoms with van der Waals surface area (Å²) in [4.78, 5) is 0. The van der Waals surface area contributed by atoms with Gasteiger partial charge in [0.1, 0.15) is 11.5 Å². The highest BCUT2D eigenvalue weighted by Crippen LogP contribution is 2.32. The second kappa shape index (κ2) is 6.66. The maximum absolute atomic E-state index is 9.30. The predicted molar refractivity (Wildman–Crippen MR) is 81.2 cm³/mol. The second-order valence-corrected chi connectivity index (χ2v) is 4.90. The molecule has 0 aliphatic heterocycles. The molecule has 3 nitrogen and oxygen atoms in total. The third-order valence-corrected chi connectivity index (χ3v) is 3.18. The van der Waals surface area contributed by atoms with Gasteiger partial charge in [-0.15, -0.1) is 0 Å². The molecule has 3 N–H and O–H groups in total. The average Bonchev–Trinajstić information content (AvgIpc) is 2.40. The molecule has 0 amide bonds. The summed E-state index contributed by atoms with van der Waals surface area (Å²) in [5, 5.41) is 25.9. The van der Waals surface area contributed by atoms with Crippen LogP contribution in [0.2, 0.25) is 0 Å². The van der Waals surface area contributed by atoms with E-state index >= 15 is 0 Å². The van der Waals surface area contributed by atoms with Crippen molar-refractivity contribution in [2.24, 2.45) is 0 Å². The number of phenols is 2. The molecule has 0 spiro atoms. The van der Waals surface area contributed by atoms with Gasteiger partial charge in [-0.05, 0) is 35.4 Å². The summed E-state index contributed by atoms with van der Waals surface area (Å²) in [5.41, 5.74) is 2.10. The summed E-state index contributed by atoms with van der Waals surface area (Å²) < 4.78 is 0. The summed E-state index contributed by atoms with van der Waals surface area (Å²) in [6, 6.07) is 14.4. The number of hydrogen-bond donors (Lipinski definition) is 3. The van der Waals surface area contributed by atoms with Gasteiger partial charge in [-0.2, -0.15) is 0 Å². The number of aliphatic hydroxyl groups is 1. The molecule has 0 heterocycles. The first-order chi connectivity index (χ1) is 9.41. The highest BCUT2D eigenvalue weighted by atomic mass is 16.3. The van der Waals surface area contributed by atoms with Crippen LogP contribution in [0.25, 0.3) is 0 Å². The lowest BCUT2D eigenvalue weighted by Crippen LogP contribution is -2.18. The van der Waals surface area contributed by atoms with Crippen molar-refractivity contribution in [2.75, 3.05) is 0 Å². The van der Waals surface area contributed by atoms with Crippen LogP contribution in [0.4, 0.5) is 0 Å². The van der Waals surface area contributed by atoms with Crippen LogP contribution in [0, 0.1) is 0 Å². The highest BCUT2D eigenvalue weighted by molar-refractivity contribution is 5.41. The zero-order valence-electron chi connectivity index (χ0n) is 11.7. The zero-order chi connectivity index (χ0) is 15.2. The number of aromatic hydroxyl groups is 2. The Morgan fingerprint density at radius 3 is 1.30 bits per heavy atom. The van der Waals surface area contributed by atoms with Gasteiger partial charge < -0.3 is 15.3 Å². The number of hydrogen-bond acceptors (Lipinski definition) is 3. The largest absolute Gasteiger partial charge is 0.516 e. The van der Waals surface area contributed by atoms with Crippen LogP contribution in [-0.2, 0) is 5.41 Å². The van der Waals surface area contributed by atoms with E-state index in [9.17, 15) is 10.2 Å². The first-order valence-electron chi connectivity index (χ1n) is 6.26. The molecule has 106 valence electrons. The van der Waals surface area contributed by atoms with Crippen LogP contribution in [0.15, 0.2) is 61.4 Å². The van der Waals surface area contributed by atoms with Gasteiger partial charge in [0, 0.05) is 5.41 Å². The minimum Gasteiger partial charge on any atom is -0.516 e. The Morgan fingerprint density at radius 2 is 1.05 bits per heavy atom. The summed E-state index contributed by atoms with van der Waals surface area (Å²) in [6.07, 6.45) is 0.750. The molecular formula is C17H20O3. The topological polar surface area (TPSA) is 60.7 Å². The standard InChI is InChI=1S/C15H16O2.C2H4O/c1-15(2,11-3-7-13(16)8-4-11)12-5-9-14(17)10-6-12;1-2-3/h3-10,16-17H,1-2H3;2-3H,1H2. The fraction of sp³-hybridized carbons (Fsp3) is 0.176. The normalized spacial score (nSPS) is 10.3. The summed E-state index contributed by atoms with van der Waals surface area (Å²) in [7, 11) is 0. The molecule has 0 saturated carbocycles. The summed E-state index contributed by atoms with van der Waals surface area (Å²) in [6.45, 7) is 7.15.